The molecular formula is C14H17N3O5S. The van der Waals surface area contributed by atoms with Crippen LogP contribution in [0.2, 0.25) is 0 Å². The first-order valence-corrected chi connectivity index (χ1v) is 9.19. The van der Waals surface area contributed by atoms with Crippen LogP contribution in [0.5, 0.6) is 0 Å². The minimum Gasteiger partial charge on any atom is -0.310 e. The summed E-state index contributed by atoms with van der Waals surface area (Å²) in [6, 6.07) is 3.75. The maximum absolute atomic E-state index is 12.8. The van der Waals surface area contributed by atoms with Crippen molar-refractivity contribution in [2.75, 3.05) is 24.2 Å². The predicted octanol–water partition coefficient (Wildman–Crippen LogP) is 0.908. The minimum atomic E-state index is -3.45. The first-order valence-electron chi connectivity index (χ1n) is 7.34. The molecule has 1 unspecified atom stereocenters. The molecule has 1 atom stereocenters. The molecule has 0 aromatic heterocycles. The van der Waals surface area contributed by atoms with Crippen LogP contribution < -0.4 is 4.90 Å². The Morgan fingerprint density at radius 3 is 2.74 bits per heavy atom. The molecule has 1 amide bonds. The lowest BCUT2D eigenvalue weighted by molar-refractivity contribution is -0.384. The molecule has 1 saturated heterocycles. The van der Waals surface area contributed by atoms with E-state index in [1.54, 1.807) is 6.07 Å². The van der Waals surface area contributed by atoms with E-state index in [1.165, 1.54) is 21.3 Å². The number of hydrogen-bond acceptors (Lipinski definition) is 5. The van der Waals surface area contributed by atoms with E-state index in [9.17, 15) is 23.3 Å². The maximum Gasteiger partial charge on any atom is 0.271 e. The van der Waals surface area contributed by atoms with Crippen LogP contribution in [0.25, 0.3) is 0 Å². The molecule has 9 heteroatoms. The van der Waals surface area contributed by atoms with Gasteiger partial charge in [0.2, 0.25) is 15.9 Å². The van der Waals surface area contributed by atoms with E-state index in [4.69, 9.17) is 0 Å². The Bertz CT molecular complexity index is 777. The van der Waals surface area contributed by atoms with Crippen molar-refractivity contribution in [1.82, 2.24) is 4.31 Å². The van der Waals surface area contributed by atoms with Crippen LogP contribution in [0.15, 0.2) is 18.2 Å². The molecule has 8 nitrogen and oxygen atoms in total. The normalized spacial score (nSPS) is 21.4. The Labute approximate surface area is 133 Å². The summed E-state index contributed by atoms with van der Waals surface area (Å²) in [5.74, 6) is -0.299. The quantitative estimate of drug-likeness (QED) is 0.602. The second-order valence-corrected chi connectivity index (χ2v) is 7.78. The van der Waals surface area contributed by atoms with Crippen LogP contribution >= 0.6 is 0 Å². The van der Waals surface area contributed by atoms with Gasteiger partial charge in [-0.25, -0.2) is 8.42 Å². The highest BCUT2D eigenvalue weighted by Gasteiger charge is 2.40. The summed E-state index contributed by atoms with van der Waals surface area (Å²) in [7, 11) is -3.45. The number of benzene rings is 1. The summed E-state index contributed by atoms with van der Waals surface area (Å²) in [5, 5.41) is 10.9. The molecule has 0 radical (unpaired) electrons. The van der Waals surface area contributed by atoms with Gasteiger partial charge in [0, 0.05) is 25.2 Å². The van der Waals surface area contributed by atoms with Crippen LogP contribution in [-0.2, 0) is 21.2 Å². The van der Waals surface area contributed by atoms with Crippen molar-refractivity contribution in [2.45, 2.75) is 25.3 Å². The molecule has 2 aliphatic rings. The summed E-state index contributed by atoms with van der Waals surface area (Å²) < 4.78 is 24.9. The Kier molecular flexibility index (Phi) is 3.85. The zero-order valence-electron chi connectivity index (χ0n) is 12.6. The molecular weight excluding hydrogens is 322 g/mol. The molecule has 23 heavy (non-hydrogen) atoms. The van der Waals surface area contributed by atoms with Gasteiger partial charge in [0.1, 0.15) is 6.04 Å². The van der Waals surface area contributed by atoms with Crippen LogP contribution in [0, 0.1) is 10.1 Å². The fourth-order valence-electron chi connectivity index (χ4n) is 3.27. The molecule has 1 aromatic rings. The second-order valence-electron chi connectivity index (χ2n) is 5.84. The van der Waals surface area contributed by atoms with Gasteiger partial charge in [0.25, 0.3) is 5.69 Å². The Balaban J connectivity index is 1.91. The standard InChI is InChI=1S/C14H17N3O5S/c1-23(21,22)16-7-2-3-12(16)14(18)15-8-6-10-4-5-11(17(19)20)9-13(10)15/h4-5,9,12H,2-3,6-8H2,1H3. The Morgan fingerprint density at radius 1 is 1.35 bits per heavy atom. The zero-order chi connectivity index (χ0) is 16.8. The number of carbonyl (C=O) groups is 1. The number of non-ortho nitro benzene ring substituents is 1. The van der Waals surface area contributed by atoms with Gasteiger partial charge in [-0.2, -0.15) is 4.31 Å². The smallest absolute Gasteiger partial charge is 0.271 e. The van der Waals surface area contributed by atoms with Crippen LogP contribution in [0.4, 0.5) is 11.4 Å². The minimum absolute atomic E-state index is 0.0742. The van der Waals surface area contributed by atoms with Gasteiger partial charge in [0.15, 0.2) is 0 Å². The average molecular weight is 339 g/mol. The lowest BCUT2D eigenvalue weighted by Crippen LogP contribution is -2.47. The third-order valence-electron chi connectivity index (χ3n) is 4.36. The Hall–Kier alpha value is -2.00. The van der Waals surface area contributed by atoms with Gasteiger partial charge < -0.3 is 4.90 Å². The maximum atomic E-state index is 12.8. The van der Waals surface area contributed by atoms with Crippen molar-refractivity contribution in [3.05, 3.63) is 33.9 Å². The molecule has 1 fully saturated rings. The third kappa shape index (κ3) is 2.81. The third-order valence-corrected chi connectivity index (χ3v) is 5.65. The van der Waals surface area contributed by atoms with Crippen LogP contribution in [0.1, 0.15) is 18.4 Å². The zero-order valence-corrected chi connectivity index (χ0v) is 13.5. The monoisotopic (exact) mass is 339 g/mol. The van der Waals surface area contributed by atoms with E-state index >= 15 is 0 Å². The van der Waals surface area contributed by atoms with Gasteiger partial charge in [-0.3, -0.25) is 14.9 Å². The topological polar surface area (TPSA) is 101 Å². The lowest BCUT2D eigenvalue weighted by atomic mass is 10.1. The van der Waals surface area contributed by atoms with Crippen molar-refractivity contribution >= 4 is 27.3 Å². The highest BCUT2D eigenvalue weighted by Crippen LogP contribution is 2.34. The molecule has 1 aromatic carbocycles. The van der Waals surface area contributed by atoms with Crippen molar-refractivity contribution < 1.29 is 18.1 Å². The van der Waals surface area contributed by atoms with E-state index in [0.717, 1.165) is 11.8 Å². The number of hydrogen-bond donors (Lipinski definition) is 0. The van der Waals surface area contributed by atoms with Crippen LogP contribution in [-0.4, -0.2) is 48.9 Å². The summed E-state index contributed by atoms with van der Waals surface area (Å²) in [4.78, 5) is 24.7. The summed E-state index contributed by atoms with van der Waals surface area (Å²) in [5.41, 5.74) is 1.31. The second kappa shape index (κ2) is 5.57. The number of nitro groups is 1. The average Bonchev–Trinajstić information content (AvgIpc) is 3.12. The number of nitro benzene ring substituents is 1. The molecule has 2 aliphatic heterocycles. The molecule has 0 saturated carbocycles. The largest absolute Gasteiger partial charge is 0.310 e. The molecule has 3 rings (SSSR count). The number of amides is 1. The molecule has 0 spiro atoms. The highest BCUT2D eigenvalue weighted by molar-refractivity contribution is 7.88. The summed E-state index contributed by atoms with van der Waals surface area (Å²) in [6.07, 6.45) is 2.83. The lowest BCUT2D eigenvalue weighted by Gasteiger charge is -2.26. The first-order chi connectivity index (χ1) is 10.8. The molecule has 2 heterocycles. The van der Waals surface area contributed by atoms with Crippen molar-refractivity contribution in [1.29, 1.82) is 0 Å². The van der Waals surface area contributed by atoms with Gasteiger partial charge >= 0.3 is 0 Å². The SMILES string of the molecule is CS(=O)(=O)N1CCCC1C(=O)N1CCc2ccc([N+](=O)[O-])cc21. The number of carbonyl (C=O) groups excluding carboxylic acids is 1. The van der Waals surface area contributed by atoms with E-state index in [2.05, 4.69) is 0 Å². The van der Waals surface area contributed by atoms with Gasteiger partial charge in [-0.1, -0.05) is 6.07 Å². The molecule has 0 N–H and O–H groups in total. The summed E-state index contributed by atoms with van der Waals surface area (Å²) >= 11 is 0. The number of sulfonamides is 1. The molecule has 0 aliphatic carbocycles. The summed E-state index contributed by atoms with van der Waals surface area (Å²) in [6.45, 7) is 0.758. The van der Waals surface area contributed by atoms with Gasteiger partial charge in [0.05, 0.1) is 16.9 Å². The van der Waals surface area contributed by atoms with Crippen molar-refractivity contribution in [2.24, 2.45) is 0 Å². The molecule has 124 valence electrons. The van der Waals surface area contributed by atoms with Crippen LogP contribution in [0.3, 0.4) is 0 Å². The fourth-order valence-corrected chi connectivity index (χ4v) is 4.39. The first kappa shape index (κ1) is 15.9. The van der Waals surface area contributed by atoms with Crippen molar-refractivity contribution in [3.8, 4) is 0 Å². The van der Waals surface area contributed by atoms with E-state index in [0.29, 0.717) is 38.0 Å². The number of anilines is 1. The number of rotatable bonds is 3. The van der Waals surface area contributed by atoms with E-state index in [1.807, 2.05) is 0 Å². The number of nitrogens with zero attached hydrogens (tertiary/aromatic N) is 3. The van der Waals surface area contributed by atoms with Gasteiger partial charge in [-0.15, -0.1) is 0 Å². The molecule has 0 bridgehead atoms. The Morgan fingerprint density at radius 2 is 2.09 bits per heavy atom. The fraction of sp³-hybridized carbons (Fsp3) is 0.500. The predicted molar refractivity (Wildman–Crippen MR) is 83.7 cm³/mol. The van der Waals surface area contributed by atoms with Gasteiger partial charge in [-0.05, 0) is 24.8 Å². The highest BCUT2D eigenvalue weighted by atomic mass is 32.2. The van der Waals surface area contributed by atoms with Crippen molar-refractivity contribution in [3.63, 3.8) is 0 Å². The van der Waals surface area contributed by atoms with E-state index in [-0.39, 0.29) is 11.6 Å². The van der Waals surface area contributed by atoms with E-state index < -0.39 is 21.0 Å². The number of fused-ring (bicyclic) bond motifs is 1.